The zero-order chi connectivity index (χ0) is 27.0. The molecular formula is C23H43NO9S. The van der Waals surface area contributed by atoms with Crippen LogP contribution in [0.25, 0.3) is 0 Å². The number of alkyl carbamates (subject to hydrolysis) is 1. The van der Waals surface area contributed by atoms with Crippen molar-refractivity contribution >= 4 is 28.0 Å². The van der Waals surface area contributed by atoms with Crippen molar-refractivity contribution in [3.8, 4) is 0 Å². The minimum atomic E-state index is -3.62. The number of carbonyl (C=O) groups excluding carboxylic acids is 3. The zero-order valence-corrected chi connectivity index (χ0v) is 23.1. The fraction of sp³-hybridized carbons (Fsp3) is 0.870. The number of ketones is 1. The molecule has 0 spiro atoms. The summed E-state index contributed by atoms with van der Waals surface area (Å²) in [6.45, 7) is 15.2. The number of rotatable bonds is 12. The van der Waals surface area contributed by atoms with Gasteiger partial charge < -0.3 is 19.5 Å². The molecule has 0 bridgehead atoms. The second-order valence-electron chi connectivity index (χ2n) is 11.2. The molecule has 1 N–H and O–H groups in total. The first kappa shape index (κ1) is 32.3. The van der Waals surface area contributed by atoms with Crippen LogP contribution in [0.15, 0.2) is 0 Å². The predicted octanol–water partition coefficient (Wildman–Crippen LogP) is 3.37. The second-order valence-corrected chi connectivity index (χ2v) is 12.8. The van der Waals surface area contributed by atoms with Crippen molar-refractivity contribution in [1.29, 1.82) is 0 Å². The van der Waals surface area contributed by atoms with Crippen LogP contribution in [0.2, 0.25) is 0 Å². The standard InChI is InChI=1S/C23H43NO9S/c1-21(2,3)30-15-18(25)17(24-20(27)33-23(7,8)9)14-16(19(26)32-22(4,5)6)12-11-13-31-34(10,28)29/h16-17H,11-15H2,1-10H3,(H,24,27)/t16-,17+/m0/s1. The molecule has 0 aliphatic carbocycles. The Balaban J connectivity index is 5.65. The summed E-state index contributed by atoms with van der Waals surface area (Å²) in [5, 5.41) is 2.55. The van der Waals surface area contributed by atoms with Gasteiger partial charge in [0.15, 0.2) is 5.78 Å². The van der Waals surface area contributed by atoms with Crippen molar-refractivity contribution in [1.82, 2.24) is 5.32 Å². The number of carbonyl (C=O) groups is 3. The molecule has 0 unspecified atom stereocenters. The van der Waals surface area contributed by atoms with E-state index in [9.17, 15) is 22.8 Å². The molecule has 0 aromatic rings. The number of Topliss-reactive ketones (excluding diaryl/α,β-unsaturated/α-hetero) is 1. The van der Waals surface area contributed by atoms with Crippen LogP contribution in [0, 0.1) is 5.92 Å². The first-order valence-corrected chi connectivity index (χ1v) is 13.1. The van der Waals surface area contributed by atoms with Crippen molar-refractivity contribution in [3.05, 3.63) is 0 Å². The van der Waals surface area contributed by atoms with Gasteiger partial charge in [-0.25, -0.2) is 4.79 Å². The maximum Gasteiger partial charge on any atom is 0.408 e. The molecule has 200 valence electrons. The summed E-state index contributed by atoms with van der Waals surface area (Å²) in [6.07, 6.45) is 0.476. The van der Waals surface area contributed by atoms with Gasteiger partial charge in [0.05, 0.1) is 30.4 Å². The largest absolute Gasteiger partial charge is 0.460 e. The highest BCUT2D eigenvalue weighted by molar-refractivity contribution is 7.85. The Hall–Kier alpha value is -1.72. The van der Waals surface area contributed by atoms with Gasteiger partial charge in [-0.1, -0.05) is 0 Å². The molecule has 0 heterocycles. The van der Waals surface area contributed by atoms with Crippen LogP contribution in [-0.2, 0) is 38.1 Å². The van der Waals surface area contributed by atoms with Gasteiger partial charge in [0, 0.05) is 0 Å². The third kappa shape index (κ3) is 17.7. The number of amides is 1. The predicted molar refractivity (Wildman–Crippen MR) is 128 cm³/mol. The molecule has 0 rings (SSSR count). The molecule has 0 saturated heterocycles. The van der Waals surface area contributed by atoms with Crippen molar-refractivity contribution in [3.63, 3.8) is 0 Å². The van der Waals surface area contributed by atoms with Crippen LogP contribution >= 0.6 is 0 Å². The third-order valence-corrected chi connectivity index (χ3v) is 4.58. The van der Waals surface area contributed by atoms with Crippen molar-refractivity contribution in [2.75, 3.05) is 19.5 Å². The topological polar surface area (TPSA) is 134 Å². The van der Waals surface area contributed by atoms with E-state index in [4.69, 9.17) is 18.4 Å². The molecule has 11 heteroatoms. The SMILES string of the molecule is CC(C)(C)OCC(=O)[C@@H](C[C@H](CCCOS(C)(=O)=O)C(=O)OC(C)(C)C)NC(=O)OC(C)(C)C. The van der Waals surface area contributed by atoms with Gasteiger partial charge in [0.25, 0.3) is 10.1 Å². The third-order valence-electron chi connectivity index (χ3n) is 3.98. The molecule has 0 aromatic carbocycles. The zero-order valence-electron chi connectivity index (χ0n) is 22.3. The second kappa shape index (κ2) is 12.8. The highest BCUT2D eigenvalue weighted by Crippen LogP contribution is 2.21. The van der Waals surface area contributed by atoms with E-state index < -0.39 is 56.7 Å². The van der Waals surface area contributed by atoms with Crippen LogP contribution in [-0.4, -0.2) is 68.6 Å². The molecule has 0 saturated carbocycles. The molecular weight excluding hydrogens is 466 g/mol. The number of ether oxygens (including phenoxy) is 3. The van der Waals surface area contributed by atoms with Gasteiger partial charge in [0.1, 0.15) is 17.8 Å². The average Bonchev–Trinajstić information content (AvgIpc) is 2.56. The van der Waals surface area contributed by atoms with Crippen molar-refractivity contribution in [2.24, 2.45) is 5.92 Å². The van der Waals surface area contributed by atoms with E-state index in [0.717, 1.165) is 6.26 Å². The highest BCUT2D eigenvalue weighted by Gasteiger charge is 2.33. The molecule has 0 aromatic heterocycles. The molecule has 0 aliphatic heterocycles. The van der Waals surface area contributed by atoms with Crippen LogP contribution < -0.4 is 5.32 Å². The monoisotopic (exact) mass is 509 g/mol. The Kier molecular flexibility index (Phi) is 12.2. The van der Waals surface area contributed by atoms with Crippen LogP contribution in [0.3, 0.4) is 0 Å². The Bertz CT molecular complexity index is 787. The molecule has 0 fully saturated rings. The summed E-state index contributed by atoms with van der Waals surface area (Å²) in [5.41, 5.74) is -2.14. The molecule has 34 heavy (non-hydrogen) atoms. The molecule has 0 radical (unpaired) electrons. The number of nitrogens with one attached hydrogen (secondary N) is 1. The van der Waals surface area contributed by atoms with Gasteiger partial charge in [0.2, 0.25) is 0 Å². The summed E-state index contributed by atoms with van der Waals surface area (Å²) in [4.78, 5) is 38.2. The number of hydrogen-bond donors (Lipinski definition) is 1. The summed E-state index contributed by atoms with van der Waals surface area (Å²) < 4.78 is 43.5. The van der Waals surface area contributed by atoms with Gasteiger partial charge >= 0.3 is 12.1 Å². The van der Waals surface area contributed by atoms with Gasteiger partial charge in [-0.2, -0.15) is 8.42 Å². The Morgan fingerprint density at radius 3 is 1.82 bits per heavy atom. The van der Waals surface area contributed by atoms with E-state index in [-0.39, 0.29) is 32.5 Å². The minimum Gasteiger partial charge on any atom is -0.460 e. The maximum atomic E-state index is 12.9. The van der Waals surface area contributed by atoms with E-state index in [0.29, 0.717) is 0 Å². The van der Waals surface area contributed by atoms with Gasteiger partial charge in [-0.15, -0.1) is 0 Å². The summed E-state index contributed by atoms with van der Waals surface area (Å²) >= 11 is 0. The van der Waals surface area contributed by atoms with E-state index >= 15 is 0 Å². The summed E-state index contributed by atoms with van der Waals surface area (Å²) in [7, 11) is -3.62. The van der Waals surface area contributed by atoms with Crippen LogP contribution in [0.1, 0.15) is 81.6 Å². The van der Waals surface area contributed by atoms with E-state index in [1.807, 2.05) is 0 Å². The minimum absolute atomic E-state index is 0.0701. The summed E-state index contributed by atoms with van der Waals surface area (Å²) in [5.74, 6) is -1.80. The highest BCUT2D eigenvalue weighted by atomic mass is 32.2. The quantitative estimate of drug-likeness (QED) is 0.239. The van der Waals surface area contributed by atoms with E-state index in [1.165, 1.54) is 0 Å². The maximum absolute atomic E-state index is 12.9. The van der Waals surface area contributed by atoms with Gasteiger partial charge in [-0.3, -0.25) is 13.8 Å². The number of esters is 1. The lowest BCUT2D eigenvalue weighted by molar-refractivity contribution is -0.161. The average molecular weight is 510 g/mol. The van der Waals surface area contributed by atoms with Crippen molar-refractivity contribution < 1.29 is 41.2 Å². The lowest BCUT2D eigenvalue weighted by Gasteiger charge is -2.28. The fourth-order valence-electron chi connectivity index (χ4n) is 2.65. The molecule has 10 nitrogen and oxygen atoms in total. The Morgan fingerprint density at radius 2 is 1.38 bits per heavy atom. The molecule has 0 aliphatic rings. The van der Waals surface area contributed by atoms with Crippen LogP contribution in [0.5, 0.6) is 0 Å². The fourth-order valence-corrected chi connectivity index (χ4v) is 3.07. The molecule has 1 amide bonds. The lowest BCUT2D eigenvalue weighted by Crippen LogP contribution is -2.47. The van der Waals surface area contributed by atoms with E-state index in [2.05, 4.69) is 5.32 Å². The summed E-state index contributed by atoms with van der Waals surface area (Å²) in [6, 6.07) is -1.08. The van der Waals surface area contributed by atoms with Crippen LogP contribution in [0.4, 0.5) is 4.79 Å². The normalized spacial score (nSPS) is 14.8. The number of hydrogen-bond acceptors (Lipinski definition) is 9. The molecule has 2 atom stereocenters. The van der Waals surface area contributed by atoms with E-state index in [1.54, 1.807) is 62.3 Å². The smallest absolute Gasteiger partial charge is 0.408 e. The lowest BCUT2D eigenvalue weighted by atomic mass is 9.93. The Morgan fingerprint density at radius 1 is 0.853 bits per heavy atom. The Labute approximate surface area is 204 Å². The first-order chi connectivity index (χ1) is 15.1. The van der Waals surface area contributed by atoms with Gasteiger partial charge in [-0.05, 0) is 81.6 Å². The van der Waals surface area contributed by atoms with Crippen molar-refractivity contribution in [2.45, 2.75) is 104 Å². The first-order valence-electron chi connectivity index (χ1n) is 11.3.